The van der Waals surface area contributed by atoms with E-state index in [4.69, 9.17) is 0 Å². The van der Waals surface area contributed by atoms with Crippen molar-refractivity contribution < 1.29 is 4.39 Å². The molecule has 0 aliphatic heterocycles. The number of nitrogens with zero attached hydrogens (tertiary/aromatic N) is 1. The minimum absolute atomic E-state index is 0.230. The van der Waals surface area contributed by atoms with Crippen LogP contribution >= 0.6 is 0 Å². The van der Waals surface area contributed by atoms with Gasteiger partial charge in [0.05, 0.1) is 0 Å². The maximum atomic E-state index is 13.2. The topological polar surface area (TPSA) is 3.24 Å². The quantitative estimate of drug-likeness (QED) is 0.648. The standard InChI is InChI=1S/C23H34FN/c1-17-3-5-18(6-4-17)15-25(10-9-24)16-21-8-7-19-11-20-12-22(21)23(2,13-19)14-20/h3-6,19-22H,7-16H2,1-2H3. The molecule has 1 aromatic rings. The summed E-state index contributed by atoms with van der Waals surface area (Å²) in [7, 11) is 0. The summed E-state index contributed by atoms with van der Waals surface area (Å²) in [6, 6.07) is 8.78. The van der Waals surface area contributed by atoms with Gasteiger partial charge in [-0.3, -0.25) is 4.90 Å². The maximum Gasteiger partial charge on any atom is 0.102 e. The molecule has 3 fully saturated rings. The van der Waals surface area contributed by atoms with Crippen LogP contribution in [-0.2, 0) is 6.54 Å². The van der Waals surface area contributed by atoms with Gasteiger partial charge in [-0.25, -0.2) is 4.39 Å². The molecule has 3 aliphatic rings. The number of halogens is 1. The summed E-state index contributed by atoms with van der Waals surface area (Å²) in [4.78, 5) is 2.39. The molecular weight excluding hydrogens is 309 g/mol. The number of alkyl halides is 1. The second kappa shape index (κ2) is 7.02. The Hall–Kier alpha value is -0.890. The van der Waals surface area contributed by atoms with Crippen LogP contribution in [0.2, 0.25) is 0 Å². The van der Waals surface area contributed by atoms with Crippen molar-refractivity contribution in [3.05, 3.63) is 35.4 Å². The molecule has 5 atom stereocenters. The average molecular weight is 344 g/mol. The van der Waals surface area contributed by atoms with Crippen molar-refractivity contribution in [2.45, 2.75) is 58.9 Å². The van der Waals surface area contributed by atoms with E-state index >= 15 is 0 Å². The van der Waals surface area contributed by atoms with Crippen molar-refractivity contribution in [3.8, 4) is 0 Å². The highest BCUT2D eigenvalue weighted by molar-refractivity contribution is 5.21. The largest absolute Gasteiger partial charge is 0.296 e. The molecule has 25 heavy (non-hydrogen) atoms. The van der Waals surface area contributed by atoms with Crippen molar-refractivity contribution in [2.75, 3.05) is 19.8 Å². The third-order valence-corrected chi connectivity index (χ3v) is 7.59. The smallest absolute Gasteiger partial charge is 0.102 e. The molecule has 3 saturated carbocycles. The summed E-state index contributed by atoms with van der Waals surface area (Å²) in [5, 5.41) is 0. The van der Waals surface area contributed by atoms with Crippen LogP contribution < -0.4 is 0 Å². The fraction of sp³-hybridized carbons (Fsp3) is 0.739. The normalized spacial score (nSPS) is 36.8. The Morgan fingerprint density at radius 3 is 2.60 bits per heavy atom. The first-order valence-electron chi connectivity index (χ1n) is 10.4. The molecule has 0 aromatic heterocycles. The molecule has 0 saturated heterocycles. The first kappa shape index (κ1) is 17.5. The lowest BCUT2D eigenvalue weighted by Gasteiger charge is -2.38. The lowest BCUT2D eigenvalue weighted by Crippen LogP contribution is -2.37. The van der Waals surface area contributed by atoms with Gasteiger partial charge >= 0.3 is 0 Å². The number of rotatable bonds is 6. The highest BCUT2D eigenvalue weighted by Gasteiger charge is 2.53. The van der Waals surface area contributed by atoms with E-state index < -0.39 is 0 Å². The van der Waals surface area contributed by atoms with Crippen LogP contribution in [0.15, 0.2) is 24.3 Å². The van der Waals surface area contributed by atoms with Crippen LogP contribution in [0.3, 0.4) is 0 Å². The van der Waals surface area contributed by atoms with Crippen LogP contribution in [0.25, 0.3) is 0 Å². The number of fused-ring (bicyclic) bond motifs is 2. The van der Waals surface area contributed by atoms with Crippen molar-refractivity contribution in [1.29, 1.82) is 0 Å². The van der Waals surface area contributed by atoms with Gasteiger partial charge in [0.15, 0.2) is 0 Å². The average Bonchev–Trinajstić information content (AvgIpc) is 2.76. The van der Waals surface area contributed by atoms with E-state index in [1.807, 2.05) is 0 Å². The van der Waals surface area contributed by atoms with E-state index in [9.17, 15) is 4.39 Å². The maximum absolute atomic E-state index is 13.2. The zero-order valence-electron chi connectivity index (χ0n) is 16.0. The molecule has 0 amide bonds. The van der Waals surface area contributed by atoms with Crippen LogP contribution in [0, 0.1) is 36.0 Å². The highest BCUT2D eigenvalue weighted by Crippen LogP contribution is 2.62. The van der Waals surface area contributed by atoms with Crippen molar-refractivity contribution >= 4 is 0 Å². The first-order chi connectivity index (χ1) is 12.1. The third-order valence-electron chi connectivity index (χ3n) is 7.59. The molecule has 0 spiro atoms. The van der Waals surface area contributed by atoms with E-state index in [1.165, 1.54) is 49.7 Å². The Morgan fingerprint density at radius 1 is 1.08 bits per heavy atom. The Kier molecular flexibility index (Phi) is 4.92. The second-order valence-electron chi connectivity index (χ2n) is 9.62. The number of hydrogen-bond donors (Lipinski definition) is 0. The van der Waals surface area contributed by atoms with E-state index in [2.05, 4.69) is 43.0 Å². The molecule has 1 nitrogen and oxygen atoms in total. The Morgan fingerprint density at radius 2 is 1.84 bits per heavy atom. The summed E-state index contributed by atoms with van der Waals surface area (Å²) < 4.78 is 13.2. The zero-order chi connectivity index (χ0) is 17.4. The summed E-state index contributed by atoms with van der Waals surface area (Å²) >= 11 is 0. The molecule has 2 heteroatoms. The van der Waals surface area contributed by atoms with Crippen LogP contribution in [-0.4, -0.2) is 24.7 Å². The number of hydrogen-bond acceptors (Lipinski definition) is 1. The molecular formula is C23H34FN. The van der Waals surface area contributed by atoms with E-state index in [1.54, 1.807) is 0 Å². The van der Waals surface area contributed by atoms with Crippen LogP contribution in [0.1, 0.15) is 56.6 Å². The van der Waals surface area contributed by atoms with E-state index in [0.29, 0.717) is 12.0 Å². The molecule has 0 N–H and O–H groups in total. The van der Waals surface area contributed by atoms with Gasteiger partial charge in [-0.2, -0.15) is 0 Å². The van der Waals surface area contributed by atoms with E-state index in [0.717, 1.165) is 36.8 Å². The number of benzene rings is 1. The van der Waals surface area contributed by atoms with Gasteiger partial charge in [0, 0.05) is 19.6 Å². The third kappa shape index (κ3) is 3.65. The zero-order valence-corrected chi connectivity index (χ0v) is 16.0. The van der Waals surface area contributed by atoms with Gasteiger partial charge in [-0.15, -0.1) is 0 Å². The fourth-order valence-electron chi connectivity index (χ4n) is 6.65. The summed E-state index contributed by atoms with van der Waals surface area (Å²) in [5.74, 6) is 3.62. The molecule has 138 valence electrons. The van der Waals surface area contributed by atoms with Gasteiger partial charge in [0.25, 0.3) is 0 Å². The first-order valence-corrected chi connectivity index (χ1v) is 10.4. The Labute approximate surface area is 153 Å². The summed E-state index contributed by atoms with van der Waals surface area (Å²) in [5.41, 5.74) is 3.20. The molecule has 3 bridgehead atoms. The van der Waals surface area contributed by atoms with Crippen LogP contribution in [0.5, 0.6) is 0 Å². The van der Waals surface area contributed by atoms with Gasteiger partial charge < -0.3 is 0 Å². The fourth-order valence-corrected chi connectivity index (χ4v) is 6.65. The summed E-state index contributed by atoms with van der Waals surface area (Å²) in [6.07, 6.45) is 8.66. The van der Waals surface area contributed by atoms with Crippen molar-refractivity contribution in [1.82, 2.24) is 4.90 Å². The minimum atomic E-state index is -0.230. The van der Waals surface area contributed by atoms with Gasteiger partial charge in [-0.05, 0) is 73.7 Å². The van der Waals surface area contributed by atoms with Crippen molar-refractivity contribution in [3.63, 3.8) is 0 Å². The van der Waals surface area contributed by atoms with Gasteiger partial charge in [-0.1, -0.05) is 43.2 Å². The summed E-state index contributed by atoms with van der Waals surface area (Å²) in [6.45, 7) is 7.05. The lowest BCUT2D eigenvalue weighted by molar-refractivity contribution is 0.102. The molecule has 0 radical (unpaired) electrons. The predicted octanol–water partition coefficient (Wildman–Crippen LogP) is 5.62. The Balaban J connectivity index is 1.47. The molecule has 0 heterocycles. The lowest BCUT2D eigenvalue weighted by atomic mass is 9.68. The SMILES string of the molecule is Cc1ccc(CN(CCF)CC2CCC3CC4CC2C(C)(C3)C4)cc1. The monoisotopic (exact) mass is 343 g/mol. The molecule has 3 aliphatic carbocycles. The minimum Gasteiger partial charge on any atom is -0.296 e. The second-order valence-corrected chi connectivity index (χ2v) is 9.62. The van der Waals surface area contributed by atoms with Gasteiger partial charge in [0.1, 0.15) is 6.67 Å². The predicted molar refractivity (Wildman–Crippen MR) is 102 cm³/mol. The Bertz CT molecular complexity index is 582. The molecule has 5 unspecified atom stereocenters. The highest BCUT2D eigenvalue weighted by atomic mass is 19.1. The van der Waals surface area contributed by atoms with Crippen LogP contribution in [0.4, 0.5) is 4.39 Å². The molecule has 4 rings (SSSR count). The van der Waals surface area contributed by atoms with Gasteiger partial charge in [0.2, 0.25) is 0 Å². The van der Waals surface area contributed by atoms with Crippen molar-refractivity contribution in [2.24, 2.45) is 29.1 Å². The van der Waals surface area contributed by atoms with E-state index in [-0.39, 0.29) is 6.67 Å². The molecule has 1 aromatic carbocycles. The number of aryl methyl sites for hydroxylation is 1.